The fraction of sp³-hybridized carbons (Fsp3) is 0.538. The van der Waals surface area contributed by atoms with Gasteiger partial charge in [-0.15, -0.1) is 0 Å². The topological polar surface area (TPSA) is 84.6 Å². The van der Waals surface area contributed by atoms with Crippen LogP contribution in [-0.2, 0) is 0 Å². The van der Waals surface area contributed by atoms with E-state index in [0.29, 0.717) is 18.9 Å². The molecule has 1 aromatic rings. The zero-order chi connectivity index (χ0) is 14.1. The van der Waals surface area contributed by atoms with Gasteiger partial charge in [0.05, 0.1) is 18.1 Å². The van der Waals surface area contributed by atoms with Crippen molar-refractivity contribution in [1.82, 2.24) is 5.32 Å². The van der Waals surface area contributed by atoms with Gasteiger partial charge in [0.15, 0.2) is 5.75 Å². The third-order valence-corrected chi connectivity index (χ3v) is 2.61. The molecule has 0 saturated heterocycles. The standard InChI is InChI=1S/C13H20N2O4/c1-11-4-5-13(12(10-11)15(17)18)19-9-3-2-6-14-7-8-16/h4-5,10,14,16H,2-3,6-9H2,1H3. The fourth-order valence-electron chi connectivity index (χ4n) is 1.63. The molecule has 0 radical (unpaired) electrons. The molecule has 0 aromatic heterocycles. The molecule has 0 aliphatic carbocycles. The van der Waals surface area contributed by atoms with Crippen LogP contribution in [0.2, 0.25) is 0 Å². The molecular formula is C13H20N2O4. The van der Waals surface area contributed by atoms with Crippen molar-refractivity contribution in [3.8, 4) is 5.75 Å². The Morgan fingerprint density at radius 2 is 2.16 bits per heavy atom. The molecule has 0 atom stereocenters. The Balaban J connectivity index is 2.35. The number of aliphatic hydroxyl groups is 1. The summed E-state index contributed by atoms with van der Waals surface area (Å²) in [5.74, 6) is 0.318. The molecule has 0 aliphatic rings. The third kappa shape index (κ3) is 5.67. The molecule has 1 aromatic carbocycles. The molecule has 2 N–H and O–H groups in total. The third-order valence-electron chi connectivity index (χ3n) is 2.61. The van der Waals surface area contributed by atoms with Crippen LogP contribution in [-0.4, -0.2) is 36.3 Å². The van der Waals surface area contributed by atoms with Crippen molar-refractivity contribution in [2.45, 2.75) is 19.8 Å². The van der Waals surface area contributed by atoms with Crippen molar-refractivity contribution in [2.24, 2.45) is 0 Å². The first-order valence-corrected chi connectivity index (χ1v) is 6.34. The molecule has 0 heterocycles. The van der Waals surface area contributed by atoms with Gasteiger partial charge in [-0.3, -0.25) is 10.1 Å². The minimum Gasteiger partial charge on any atom is -0.487 e. The molecule has 0 amide bonds. The quantitative estimate of drug-likeness (QED) is 0.404. The number of hydrogen-bond donors (Lipinski definition) is 2. The van der Waals surface area contributed by atoms with Gasteiger partial charge in [0.2, 0.25) is 0 Å². The highest BCUT2D eigenvalue weighted by atomic mass is 16.6. The van der Waals surface area contributed by atoms with Crippen LogP contribution >= 0.6 is 0 Å². The molecule has 19 heavy (non-hydrogen) atoms. The number of nitro groups is 1. The Morgan fingerprint density at radius 1 is 1.37 bits per heavy atom. The van der Waals surface area contributed by atoms with Gasteiger partial charge in [-0.2, -0.15) is 0 Å². The minimum atomic E-state index is -0.425. The number of aliphatic hydroxyl groups excluding tert-OH is 1. The molecule has 0 spiro atoms. The Labute approximate surface area is 112 Å². The lowest BCUT2D eigenvalue weighted by Crippen LogP contribution is -2.19. The summed E-state index contributed by atoms with van der Waals surface area (Å²) in [6.07, 6.45) is 1.71. The number of nitro benzene ring substituents is 1. The van der Waals surface area contributed by atoms with Crippen molar-refractivity contribution in [1.29, 1.82) is 0 Å². The SMILES string of the molecule is Cc1ccc(OCCCCNCCO)c([N+](=O)[O-])c1. The summed E-state index contributed by atoms with van der Waals surface area (Å²) in [6, 6.07) is 4.95. The number of hydrogen-bond acceptors (Lipinski definition) is 5. The first-order valence-electron chi connectivity index (χ1n) is 6.34. The number of benzene rings is 1. The Hall–Kier alpha value is -1.66. The first kappa shape index (κ1) is 15.4. The van der Waals surface area contributed by atoms with E-state index in [4.69, 9.17) is 9.84 Å². The molecule has 0 unspecified atom stereocenters. The maximum Gasteiger partial charge on any atom is 0.311 e. The van der Waals surface area contributed by atoms with Crippen LogP contribution in [0.4, 0.5) is 5.69 Å². The van der Waals surface area contributed by atoms with Gasteiger partial charge >= 0.3 is 5.69 Å². The van der Waals surface area contributed by atoms with E-state index < -0.39 is 4.92 Å². The van der Waals surface area contributed by atoms with Crippen LogP contribution < -0.4 is 10.1 Å². The number of rotatable bonds is 9. The molecular weight excluding hydrogens is 248 g/mol. The Morgan fingerprint density at radius 3 is 2.84 bits per heavy atom. The summed E-state index contributed by atoms with van der Waals surface area (Å²) in [7, 11) is 0. The Kier molecular flexibility index (Phi) is 6.84. The lowest BCUT2D eigenvalue weighted by Gasteiger charge is -2.07. The zero-order valence-electron chi connectivity index (χ0n) is 11.1. The van der Waals surface area contributed by atoms with Gasteiger partial charge in [0.1, 0.15) is 0 Å². The van der Waals surface area contributed by atoms with E-state index >= 15 is 0 Å². The van der Waals surface area contributed by atoms with Gasteiger partial charge in [-0.05, 0) is 37.9 Å². The maximum atomic E-state index is 10.9. The summed E-state index contributed by atoms with van der Waals surface area (Å²) in [5, 5.41) is 22.5. The molecule has 0 bridgehead atoms. The van der Waals surface area contributed by atoms with E-state index in [-0.39, 0.29) is 12.3 Å². The number of nitrogens with one attached hydrogen (secondary N) is 1. The highest BCUT2D eigenvalue weighted by molar-refractivity contribution is 5.48. The summed E-state index contributed by atoms with van der Waals surface area (Å²) >= 11 is 0. The second-order valence-electron chi connectivity index (χ2n) is 4.26. The first-order chi connectivity index (χ1) is 9.15. The highest BCUT2D eigenvalue weighted by Gasteiger charge is 2.14. The van der Waals surface area contributed by atoms with Crippen molar-refractivity contribution in [3.63, 3.8) is 0 Å². The van der Waals surface area contributed by atoms with Crippen molar-refractivity contribution < 1.29 is 14.8 Å². The summed E-state index contributed by atoms with van der Waals surface area (Å²) in [4.78, 5) is 10.4. The number of nitrogens with zero attached hydrogens (tertiary/aromatic N) is 1. The van der Waals surface area contributed by atoms with Crippen LogP contribution in [0.15, 0.2) is 18.2 Å². The molecule has 6 nitrogen and oxygen atoms in total. The predicted octanol–water partition coefficient (Wildman–Crippen LogP) is 1.64. The van der Waals surface area contributed by atoms with Crippen LogP contribution in [0.5, 0.6) is 5.75 Å². The summed E-state index contributed by atoms with van der Waals surface area (Å²) in [6.45, 7) is 3.78. The number of unbranched alkanes of at least 4 members (excludes halogenated alkanes) is 1. The zero-order valence-corrected chi connectivity index (χ0v) is 11.1. The number of ether oxygens (including phenoxy) is 1. The average Bonchev–Trinajstić information content (AvgIpc) is 2.39. The van der Waals surface area contributed by atoms with E-state index in [2.05, 4.69) is 5.32 Å². The largest absolute Gasteiger partial charge is 0.487 e. The van der Waals surface area contributed by atoms with Crippen molar-refractivity contribution in [2.75, 3.05) is 26.3 Å². The summed E-state index contributed by atoms with van der Waals surface area (Å²) < 4.78 is 5.44. The van der Waals surface area contributed by atoms with Crippen molar-refractivity contribution >= 4 is 5.69 Å². The maximum absolute atomic E-state index is 10.9. The molecule has 106 valence electrons. The fourth-order valence-corrected chi connectivity index (χ4v) is 1.63. The van der Waals surface area contributed by atoms with Crippen molar-refractivity contribution in [3.05, 3.63) is 33.9 Å². The van der Waals surface area contributed by atoms with E-state index in [1.54, 1.807) is 12.1 Å². The van der Waals surface area contributed by atoms with E-state index in [0.717, 1.165) is 24.9 Å². The monoisotopic (exact) mass is 268 g/mol. The lowest BCUT2D eigenvalue weighted by molar-refractivity contribution is -0.385. The Bertz CT molecular complexity index is 410. The van der Waals surface area contributed by atoms with Gasteiger partial charge in [0, 0.05) is 12.6 Å². The molecule has 0 aliphatic heterocycles. The predicted molar refractivity (Wildman–Crippen MR) is 72.5 cm³/mol. The second kappa shape index (κ2) is 8.44. The number of aryl methyl sites for hydroxylation is 1. The van der Waals surface area contributed by atoms with Gasteiger partial charge in [-0.1, -0.05) is 6.07 Å². The van der Waals surface area contributed by atoms with Crippen LogP contribution in [0.3, 0.4) is 0 Å². The van der Waals surface area contributed by atoms with Crippen LogP contribution in [0.25, 0.3) is 0 Å². The van der Waals surface area contributed by atoms with Gasteiger partial charge < -0.3 is 15.2 Å². The second-order valence-corrected chi connectivity index (χ2v) is 4.26. The van der Waals surface area contributed by atoms with E-state index in [9.17, 15) is 10.1 Å². The molecule has 6 heteroatoms. The van der Waals surface area contributed by atoms with Gasteiger partial charge in [-0.25, -0.2) is 0 Å². The molecule has 1 rings (SSSR count). The lowest BCUT2D eigenvalue weighted by atomic mass is 10.2. The van der Waals surface area contributed by atoms with Crippen LogP contribution in [0.1, 0.15) is 18.4 Å². The molecule has 0 saturated carbocycles. The highest BCUT2D eigenvalue weighted by Crippen LogP contribution is 2.27. The normalized spacial score (nSPS) is 10.4. The smallest absolute Gasteiger partial charge is 0.311 e. The van der Waals surface area contributed by atoms with Gasteiger partial charge in [0.25, 0.3) is 0 Å². The average molecular weight is 268 g/mol. The summed E-state index contributed by atoms with van der Waals surface area (Å²) in [5.41, 5.74) is 0.852. The van der Waals surface area contributed by atoms with E-state index in [1.165, 1.54) is 6.07 Å². The molecule has 0 fully saturated rings. The van der Waals surface area contributed by atoms with E-state index in [1.807, 2.05) is 6.92 Å². The van der Waals surface area contributed by atoms with Crippen LogP contribution in [0, 0.1) is 17.0 Å². The minimum absolute atomic E-state index is 0.0124.